The molecular weight excluding hydrogens is 626 g/mol. The van der Waals surface area contributed by atoms with E-state index in [9.17, 15) is 15.9 Å². The topological polar surface area (TPSA) is 199 Å². The number of ether oxygens (including phenoxy) is 3. The molecule has 0 saturated carbocycles. The van der Waals surface area contributed by atoms with E-state index in [0.29, 0.717) is 54.1 Å². The molecule has 1 amide bonds. The Kier molecular flexibility index (Phi) is 11.7. The largest absolute Gasteiger partial charge is 0.496 e. The fourth-order valence-electron chi connectivity index (χ4n) is 5.56. The minimum atomic E-state index is -1.68. The summed E-state index contributed by atoms with van der Waals surface area (Å²) in [4.78, 5) is 25.5. The van der Waals surface area contributed by atoms with Crippen molar-refractivity contribution in [2.24, 2.45) is 15.2 Å². The van der Waals surface area contributed by atoms with E-state index >= 15 is 0 Å². The van der Waals surface area contributed by atoms with Gasteiger partial charge < -0.3 is 19.3 Å². The van der Waals surface area contributed by atoms with Crippen molar-refractivity contribution < 1.29 is 24.1 Å². The summed E-state index contributed by atoms with van der Waals surface area (Å²) in [6, 6.07) is 28.4. The van der Waals surface area contributed by atoms with Crippen molar-refractivity contribution in [3.63, 3.8) is 0 Å². The van der Waals surface area contributed by atoms with Gasteiger partial charge >= 0.3 is 0 Å². The molecule has 14 heteroatoms. The van der Waals surface area contributed by atoms with Gasteiger partial charge in [-0.05, 0) is 58.9 Å². The van der Waals surface area contributed by atoms with Gasteiger partial charge in [-0.25, -0.2) is 10.4 Å². The molecule has 0 spiro atoms. The summed E-state index contributed by atoms with van der Waals surface area (Å²) < 4.78 is 17.7. The van der Waals surface area contributed by atoms with Gasteiger partial charge in [0.2, 0.25) is 5.90 Å². The van der Waals surface area contributed by atoms with Crippen LogP contribution in [0.15, 0.2) is 112 Å². The first-order valence-corrected chi connectivity index (χ1v) is 15.6. The number of aliphatic hydroxyl groups is 1. The first kappa shape index (κ1) is 34.3. The maximum atomic E-state index is 14.6. The van der Waals surface area contributed by atoms with Gasteiger partial charge in [-0.15, -0.1) is 0 Å². The fraction of sp³-hybridized carbons (Fsp3) is 0.257. The van der Waals surface area contributed by atoms with Crippen LogP contribution in [-0.4, -0.2) is 49.3 Å². The lowest BCUT2D eigenvalue weighted by Crippen LogP contribution is -2.54. The van der Waals surface area contributed by atoms with Crippen molar-refractivity contribution in [3.8, 4) is 11.5 Å². The van der Waals surface area contributed by atoms with Gasteiger partial charge in [-0.1, -0.05) is 77.0 Å². The Labute approximate surface area is 282 Å². The van der Waals surface area contributed by atoms with Crippen LogP contribution in [0, 0.1) is 0 Å². The van der Waals surface area contributed by atoms with Crippen LogP contribution in [0.3, 0.4) is 0 Å². The molecule has 250 valence electrons. The normalized spacial score (nSPS) is 16.4. The van der Waals surface area contributed by atoms with Crippen LogP contribution in [-0.2, 0) is 22.4 Å². The molecule has 0 aromatic heterocycles. The molecule has 2 atom stereocenters. The van der Waals surface area contributed by atoms with E-state index < -0.39 is 17.6 Å². The number of carbonyl (C=O) groups excluding carboxylic acids is 1. The zero-order valence-corrected chi connectivity index (χ0v) is 26.8. The number of para-hydroxylation sites is 1. The minimum Gasteiger partial charge on any atom is -0.496 e. The average Bonchev–Trinajstić information content (AvgIpc) is 3.52. The lowest BCUT2D eigenvalue weighted by atomic mass is 9.81. The molecule has 0 aliphatic carbocycles. The quantitative estimate of drug-likeness (QED) is 0.0392. The molecular formula is C35H35N9O5. The number of rotatable bonds is 16. The first-order chi connectivity index (χ1) is 24.0. The Bertz CT molecular complexity index is 1890. The number of azide groups is 2. The summed E-state index contributed by atoms with van der Waals surface area (Å²) in [6.07, 6.45) is -0.0627. The number of nitrogens with zero attached hydrogens (tertiary/aromatic N) is 7. The van der Waals surface area contributed by atoms with Crippen LogP contribution in [0.5, 0.6) is 11.5 Å². The molecule has 1 aliphatic rings. The van der Waals surface area contributed by atoms with Crippen LogP contribution in [0.25, 0.3) is 20.9 Å². The summed E-state index contributed by atoms with van der Waals surface area (Å²) in [5.41, 5.74) is 26.0. The van der Waals surface area contributed by atoms with E-state index in [1.54, 1.807) is 79.9 Å². The molecule has 14 nitrogen and oxygen atoms in total. The number of aliphatic imine (C=N–C) groups is 1. The standard InChI is InChI=1S/C35H35N9O5/c1-47-31-14-7-3-9-24(31)19-20-38-42-34(46)35(23-26-10-2-5-12-29(26)40-43-36)32(28-11-4-6-13-30(28)41-44-37)49-33(39-35)25-15-17-27(18-16-25)48-22-8-21-45/h2-7,9-18,32,38,45H,8,19-23H2,1H3,(H,42,46)/t32-,35-/m0/s1. The summed E-state index contributed by atoms with van der Waals surface area (Å²) in [7, 11) is 1.61. The summed E-state index contributed by atoms with van der Waals surface area (Å²) >= 11 is 0. The summed E-state index contributed by atoms with van der Waals surface area (Å²) in [5.74, 6) is 0.975. The molecule has 0 radical (unpaired) electrons. The highest BCUT2D eigenvalue weighted by Gasteiger charge is 2.54. The predicted molar refractivity (Wildman–Crippen MR) is 184 cm³/mol. The lowest BCUT2D eigenvalue weighted by molar-refractivity contribution is -0.130. The third-order valence-electron chi connectivity index (χ3n) is 7.92. The Balaban J connectivity index is 1.56. The van der Waals surface area contributed by atoms with Crippen LogP contribution < -0.4 is 20.3 Å². The van der Waals surface area contributed by atoms with E-state index in [4.69, 9.17) is 24.3 Å². The molecule has 1 aliphatic heterocycles. The predicted octanol–water partition coefficient (Wildman–Crippen LogP) is 6.70. The highest BCUT2D eigenvalue weighted by atomic mass is 16.5. The highest BCUT2D eigenvalue weighted by molar-refractivity contribution is 6.01. The number of hydrogen-bond acceptors (Lipinski definition) is 9. The molecule has 0 bridgehead atoms. The van der Waals surface area contributed by atoms with Crippen LogP contribution in [0.1, 0.15) is 34.8 Å². The molecule has 0 unspecified atom stereocenters. The zero-order valence-electron chi connectivity index (χ0n) is 26.8. The average molecular weight is 662 g/mol. The maximum Gasteiger partial charge on any atom is 0.266 e. The summed E-state index contributed by atoms with van der Waals surface area (Å²) in [5, 5.41) is 16.8. The van der Waals surface area contributed by atoms with Gasteiger partial charge in [0.25, 0.3) is 5.91 Å². The Morgan fingerprint density at radius 1 is 0.939 bits per heavy atom. The monoisotopic (exact) mass is 661 g/mol. The molecule has 4 aromatic carbocycles. The molecule has 0 fully saturated rings. The summed E-state index contributed by atoms with van der Waals surface area (Å²) in [6.45, 7) is 0.736. The van der Waals surface area contributed by atoms with E-state index in [0.717, 1.165) is 11.3 Å². The Morgan fingerprint density at radius 3 is 2.35 bits per heavy atom. The van der Waals surface area contributed by atoms with Crippen molar-refractivity contribution in [2.75, 3.05) is 26.9 Å². The molecule has 3 N–H and O–H groups in total. The van der Waals surface area contributed by atoms with Crippen LogP contribution in [0.4, 0.5) is 11.4 Å². The Hall–Kier alpha value is -6.04. The van der Waals surface area contributed by atoms with Gasteiger partial charge in [0, 0.05) is 58.3 Å². The van der Waals surface area contributed by atoms with Gasteiger partial charge in [0.1, 0.15) is 11.5 Å². The SMILES string of the molecule is COc1ccccc1CCNNC(=O)[C@@]1(Cc2ccccc2N=[N+]=[N-])N=C(c2ccc(OCCCO)cc2)O[C@H]1c1ccccc1N=[N+]=[N-]. The molecule has 0 saturated heterocycles. The second-order valence-electron chi connectivity index (χ2n) is 11.0. The number of benzene rings is 4. The van der Waals surface area contributed by atoms with E-state index in [1.165, 1.54) is 0 Å². The molecule has 5 rings (SSSR count). The van der Waals surface area contributed by atoms with Crippen molar-refractivity contribution in [1.29, 1.82) is 0 Å². The molecule has 4 aromatic rings. The van der Waals surface area contributed by atoms with Crippen LogP contribution in [0.2, 0.25) is 0 Å². The number of carbonyl (C=O) groups is 1. The fourth-order valence-corrected chi connectivity index (χ4v) is 5.56. The van der Waals surface area contributed by atoms with Gasteiger partial charge in [0.05, 0.1) is 13.7 Å². The number of nitrogens with one attached hydrogen (secondary N) is 2. The molecule has 49 heavy (non-hydrogen) atoms. The van der Waals surface area contributed by atoms with Gasteiger partial charge in [-0.3, -0.25) is 10.2 Å². The third kappa shape index (κ3) is 8.10. The molecule has 1 heterocycles. The van der Waals surface area contributed by atoms with E-state index in [2.05, 4.69) is 30.9 Å². The van der Waals surface area contributed by atoms with Gasteiger partial charge in [0.15, 0.2) is 11.6 Å². The van der Waals surface area contributed by atoms with Crippen molar-refractivity contribution in [2.45, 2.75) is 30.9 Å². The lowest BCUT2D eigenvalue weighted by Gasteiger charge is -2.31. The number of hydrazine groups is 1. The number of methoxy groups -OCH3 is 1. The van der Waals surface area contributed by atoms with Crippen LogP contribution >= 0.6 is 0 Å². The second-order valence-corrected chi connectivity index (χ2v) is 11.0. The minimum absolute atomic E-state index is 0.0176. The zero-order chi connectivity index (χ0) is 34.5. The third-order valence-corrected chi connectivity index (χ3v) is 7.92. The Morgan fingerprint density at radius 2 is 1.61 bits per heavy atom. The van der Waals surface area contributed by atoms with E-state index in [-0.39, 0.29) is 24.6 Å². The van der Waals surface area contributed by atoms with E-state index in [1.807, 2.05) is 24.3 Å². The van der Waals surface area contributed by atoms with Crippen molar-refractivity contribution in [1.82, 2.24) is 10.9 Å². The van der Waals surface area contributed by atoms with Crippen molar-refractivity contribution in [3.05, 3.63) is 140 Å². The number of hydrogen-bond donors (Lipinski definition) is 3. The first-order valence-electron chi connectivity index (χ1n) is 15.6. The highest BCUT2D eigenvalue weighted by Crippen LogP contribution is 2.46. The van der Waals surface area contributed by atoms with Crippen molar-refractivity contribution >= 4 is 23.2 Å². The van der Waals surface area contributed by atoms with Gasteiger partial charge in [-0.2, -0.15) is 0 Å². The second kappa shape index (κ2) is 16.7. The number of amides is 1. The maximum absolute atomic E-state index is 14.6. The smallest absolute Gasteiger partial charge is 0.266 e. The number of aliphatic hydroxyl groups excluding tert-OH is 1.